The molecule has 0 saturated carbocycles. The Kier molecular flexibility index (Phi) is 10.6. The molecule has 2 aliphatic rings. The zero-order valence-electron chi connectivity index (χ0n) is 28.6. The Hall–Kier alpha value is -5.36. The highest BCUT2D eigenvalue weighted by Gasteiger charge is 2.47. The summed E-state index contributed by atoms with van der Waals surface area (Å²) in [7, 11) is -3.88. The lowest BCUT2D eigenvalue weighted by atomic mass is 10.1. The first kappa shape index (κ1) is 37.0. The zero-order valence-corrected chi connectivity index (χ0v) is 29.4. The van der Waals surface area contributed by atoms with Crippen molar-refractivity contribution >= 4 is 44.7 Å². The third-order valence-corrected chi connectivity index (χ3v) is 10.0. The Balaban J connectivity index is 1.14. The van der Waals surface area contributed by atoms with Gasteiger partial charge in [-0.1, -0.05) is 30.3 Å². The fourth-order valence-corrected chi connectivity index (χ4v) is 6.90. The molecule has 22 heteroatoms. The van der Waals surface area contributed by atoms with Crippen LogP contribution in [0.15, 0.2) is 65.8 Å². The SMILES string of the molecule is NS(=O)(=O)c1ccc(NC(=O)NC2CCN(c3nc(NC(CO)Cc4ccccc4)c4ncn(C5OC(c6nnn(CCO)n6)C(O)C5O)c4n3)C2)cc1. The number of imidazole rings is 1. The number of carbonyl (C=O) groups excluding carboxylic acids is 1. The zero-order chi connectivity index (χ0) is 38.0. The fraction of sp³-hybridized carbons (Fsp3) is 0.406. The van der Waals surface area contributed by atoms with Crippen LogP contribution < -0.4 is 26.0 Å². The number of aliphatic hydroxyl groups is 4. The van der Waals surface area contributed by atoms with Crippen LogP contribution in [-0.4, -0.2) is 125 Å². The maximum Gasteiger partial charge on any atom is 0.319 e. The molecular formula is C32H39N13O8S. The molecule has 0 aliphatic carbocycles. The molecular weight excluding hydrogens is 727 g/mol. The molecule has 6 atom stereocenters. The maximum atomic E-state index is 12.9. The maximum absolute atomic E-state index is 12.9. The summed E-state index contributed by atoms with van der Waals surface area (Å²) in [5.41, 5.74) is 1.92. The van der Waals surface area contributed by atoms with Crippen molar-refractivity contribution in [1.82, 2.24) is 45.0 Å². The van der Waals surface area contributed by atoms with Gasteiger partial charge in [-0.15, -0.1) is 10.2 Å². The number of sulfonamides is 1. The van der Waals surface area contributed by atoms with E-state index in [2.05, 4.69) is 36.3 Å². The molecule has 5 heterocycles. The van der Waals surface area contributed by atoms with Crippen LogP contribution in [-0.2, 0) is 27.7 Å². The first-order chi connectivity index (χ1) is 26.0. The van der Waals surface area contributed by atoms with E-state index >= 15 is 0 Å². The summed E-state index contributed by atoms with van der Waals surface area (Å²) in [4.78, 5) is 30.0. The fourth-order valence-electron chi connectivity index (χ4n) is 6.38. The van der Waals surface area contributed by atoms with Crippen LogP contribution in [0.4, 0.5) is 22.2 Å². The molecule has 6 unspecified atom stereocenters. The van der Waals surface area contributed by atoms with Gasteiger partial charge < -0.3 is 46.0 Å². The number of urea groups is 1. The molecule has 21 nitrogen and oxygen atoms in total. The predicted octanol–water partition coefficient (Wildman–Crippen LogP) is -1.14. The Labute approximate surface area is 307 Å². The van der Waals surface area contributed by atoms with Crippen molar-refractivity contribution in [2.24, 2.45) is 5.14 Å². The van der Waals surface area contributed by atoms with Crippen molar-refractivity contribution in [1.29, 1.82) is 0 Å². The van der Waals surface area contributed by atoms with Crippen LogP contribution in [0, 0.1) is 0 Å². The Bertz CT molecular complexity index is 2190. The number of primary sulfonamides is 1. The molecule has 9 N–H and O–H groups in total. The number of amides is 2. The highest BCUT2D eigenvalue weighted by Crippen LogP contribution is 2.39. The summed E-state index contributed by atoms with van der Waals surface area (Å²) in [5, 5.41) is 67.7. The molecule has 2 aliphatic heterocycles. The van der Waals surface area contributed by atoms with Crippen molar-refractivity contribution < 1.29 is 38.4 Å². The number of hydrogen-bond acceptors (Lipinski definition) is 16. The Morgan fingerprint density at radius 1 is 1.06 bits per heavy atom. The summed E-state index contributed by atoms with van der Waals surface area (Å²) in [6.45, 7) is 0.408. The normalized spacial score (nSPS) is 22.1. The van der Waals surface area contributed by atoms with Crippen LogP contribution >= 0.6 is 0 Å². The first-order valence-electron chi connectivity index (χ1n) is 17.0. The van der Waals surface area contributed by atoms with E-state index in [4.69, 9.17) is 19.8 Å². The second kappa shape index (κ2) is 15.5. The van der Waals surface area contributed by atoms with Gasteiger partial charge in [0.25, 0.3) is 0 Å². The van der Waals surface area contributed by atoms with E-state index in [0.717, 1.165) is 10.4 Å². The summed E-state index contributed by atoms with van der Waals surface area (Å²) in [6.07, 6.45) is -2.80. The van der Waals surface area contributed by atoms with Crippen molar-refractivity contribution in [3.63, 3.8) is 0 Å². The molecule has 0 radical (unpaired) electrons. The molecule has 54 heavy (non-hydrogen) atoms. The topological polar surface area (TPSA) is 294 Å². The molecule has 2 amide bonds. The van der Waals surface area contributed by atoms with Crippen LogP contribution in [0.2, 0.25) is 0 Å². The standard InChI is InChI=1S/C32H39N13O8S/c33-54(51,52)22-8-6-19(7-9-22)36-32(50)37-20-10-11-43(15-20)31-38-27(35-21(16-47)14-18-4-2-1-3-5-18)23-29(39-31)44(17-34-23)30-25(49)24(48)26(53-30)28-40-42-45(41-28)12-13-46/h1-9,17,20-21,24-26,30,46-49H,10-16H2,(H2,33,51,52)(H,35,38,39)(H2,36,37,50). The molecule has 286 valence electrons. The highest BCUT2D eigenvalue weighted by molar-refractivity contribution is 7.89. The van der Waals surface area contributed by atoms with Crippen molar-refractivity contribution in [3.05, 3.63) is 72.3 Å². The number of tetrazole rings is 1. The van der Waals surface area contributed by atoms with Crippen molar-refractivity contribution in [2.45, 2.75) is 60.9 Å². The summed E-state index contributed by atoms with van der Waals surface area (Å²) < 4.78 is 30.7. The van der Waals surface area contributed by atoms with E-state index in [1.807, 2.05) is 35.2 Å². The quantitative estimate of drug-likeness (QED) is 0.0703. The monoisotopic (exact) mass is 765 g/mol. The second-order valence-corrected chi connectivity index (χ2v) is 14.5. The number of nitrogens with one attached hydrogen (secondary N) is 3. The number of hydrogen-bond donors (Lipinski definition) is 8. The van der Waals surface area contributed by atoms with E-state index in [0.29, 0.717) is 43.0 Å². The van der Waals surface area contributed by atoms with Crippen LogP contribution in [0.1, 0.15) is 30.1 Å². The Morgan fingerprint density at radius 3 is 2.56 bits per heavy atom. The summed E-state index contributed by atoms with van der Waals surface area (Å²) in [6, 6.07) is 13.8. The number of fused-ring (bicyclic) bond motifs is 1. The van der Waals surface area contributed by atoms with Gasteiger partial charge in [-0.3, -0.25) is 4.57 Å². The van der Waals surface area contributed by atoms with Gasteiger partial charge in [-0.2, -0.15) is 14.8 Å². The average molecular weight is 766 g/mol. The number of ether oxygens (including phenoxy) is 1. The number of rotatable bonds is 13. The summed E-state index contributed by atoms with van der Waals surface area (Å²) in [5.74, 6) is 0.593. The van der Waals surface area contributed by atoms with E-state index in [1.165, 1.54) is 35.2 Å². The molecule has 5 aromatic rings. The van der Waals surface area contributed by atoms with Gasteiger partial charge >= 0.3 is 6.03 Å². The number of benzene rings is 2. The van der Waals surface area contributed by atoms with Gasteiger partial charge in [0.1, 0.15) is 12.2 Å². The van der Waals surface area contributed by atoms with Crippen LogP contribution in [0.25, 0.3) is 11.2 Å². The lowest BCUT2D eigenvalue weighted by Gasteiger charge is -2.22. The number of nitrogens with two attached hydrogens (primary N) is 1. The number of carbonyl (C=O) groups is 1. The summed E-state index contributed by atoms with van der Waals surface area (Å²) >= 11 is 0. The number of aromatic nitrogens is 8. The molecule has 2 fully saturated rings. The largest absolute Gasteiger partial charge is 0.394 e. The van der Waals surface area contributed by atoms with Gasteiger partial charge in [0.2, 0.25) is 21.8 Å². The van der Waals surface area contributed by atoms with Gasteiger partial charge in [-0.05, 0) is 47.9 Å². The van der Waals surface area contributed by atoms with Gasteiger partial charge in [0.15, 0.2) is 29.3 Å². The van der Waals surface area contributed by atoms with Crippen LogP contribution in [0.3, 0.4) is 0 Å². The van der Waals surface area contributed by atoms with Gasteiger partial charge in [0.05, 0.1) is 37.0 Å². The van der Waals surface area contributed by atoms with Crippen LogP contribution in [0.5, 0.6) is 0 Å². The Morgan fingerprint density at radius 2 is 1.83 bits per heavy atom. The minimum atomic E-state index is -3.88. The minimum Gasteiger partial charge on any atom is -0.394 e. The smallest absolute Gasteiger partial charge is 0.319 e. The molecule has 2 saturated heterocycles. The number of nitrogens with zero attached hydrogens (tertiary/aromatic N) is 9. The predicted molar refractivity (Wildman–Crippen MR) is 190 cm³/mol. The van der Waals surface area contributed by atoms with E-state index in [9.17, 15) is 33.6 Å². The molecule has 3 aromatic heterocycles. The lowest BCUT2D eigenvalue weighted by Crippen LogP contribution is -2.40. The molecule has 7 rings (SSSR count). The minimum absolute atomic E-state index is 0.0199. The lowest BCUT2D eigenvalue weighted by molar-refractivity contribution is -0.0384. The van der Waals surface area contributed by atoms with Gasteiger partial charge in [0, 0.05) is 24.8 Å². The molecule has 0 spiro atoms. The third-order valence-electron chi connectivity index (χ3n) is 9.08. The first-order valence-corrected chi connectivity index (χ1v) is 18.6. The number of anilines is 3. The van der Waals surface area contributed by atoms with E-state index in [1.54, 1.807) is 0 Å². The average Bonchev–Trinajstić information content (AvgIpc) is 3.96. The highest BCUT2D eigenvalue weighted by atomic mass is 32.2. The molecule has 0 bridgehead atoms. The number of aliphatic hydroxyl groups excluding tert-OH is 4. The third kappa shape index (κ3) is 7.94. The van der Waals surface area contributed by atoms with Gasteiger partial charge in [-0.25, -0.2) is 23.3 Å². The molecule has 2 aromatic carbocycles. The van der Waals surface area contributed by atoms with Crippen molar-refractivity contribution in [3.8, 4) is 0 Å². The second-order valence-electron chi connectivity index (χ2n) is 12.9. The van der Waals surface area contributed by atoms with E-state index in [-0.39, 0.29) is 48.1 Å². The van der Waals surface area contributed by atoms with Crippen molar-refractivity contribution in [2.75, 3.05) is 41.8 Å². The van der Waals surface area contributed by atoms with E-state index < -0.39 is 46.6 Å².